The molecule has 4 rings (SSSR count). The first-order valence-electron chi connectivity index (χ1n) is 10.7. The second-order valence-corrected chi connectivity index (χ2v) is 7.98. The van der Waals surface area contributed by atoms with E-state index >= 15 is 0 Å². The van der Waals surface area contributed by atoms with Crippen molar-refractivity contribution in [2.24, 2.45) is 5.10 Å². The summed E-state index contributed by atoms with van der Waals surface area (Å²) < 4.78 is 11.1. The molecule has 182 valence electrons. The molecule has 0 fully saturated rings. The Morgan fingerprint density at radius 2 is 1.78 bits per heavy atom. The Morgan fingerprint density at radius 3 is 2.58 bits per heavy atom. The molecule has 0 saturated heterocycles. The molecule has 4 aromatic rings. The lowest BCUT2D eigenvalue weighted by molar-refractivity contribution is -0.127. The van der Waals surface area contributed by atoms with Gasteiger partial charge in [0.1, 0.15) is 17.3 Å². The fourth-order valence-corrected chi connectivity index (χ4v) is 3.46. The van der Waals surface area contributed by atoms with Gasteiger partial charge in [0.15, 0.2) is 6.61 Å². The molecule has 0 unspecified atom stereocenters. The average Bonchev–Trinajstić information content (AvgIpc) is 3.35. The normalized spacial score (nSPS) is 10.9. The van der Waals surface area contributed by atoms with E-state index in [1.807, 2.05) is 36.4 Å². The molecule has 3 N–H and O–H groups in total. The van der Waals surface area contributed by atoms with Crippen molar-refractivity contribution in [1.82, 2.24) is 10.7 Å². The molecule has 10 heteroatoms. The molecule has 0 spiro atoms. The Hall–Kier alpha value is -4.63. The number of carbonyl (C=O) groups excluding carboxylic acids is 2. The number of fused-ring (bicyclic) bond motifs is 1. The topological polar surface area (TPSA) is 130 Å². The third kappa shape index (κ3) is 6.28. The molecule has 0 saturated carbocycles. The van der Waals surface area contributed by atoms with Crippen LogP contribution in [0.25, 0.3) is 22.1 Å². The number of nitrogens with zero attached hydrogens (tertiary/aromatic N) is 1. The van der Waals surface area contributed by atoms with E-state index in [0.717, 1.165) is 10.8 Å². The summed E-state index contributed by atoms with van der Waals surface area (Å²) in [5.41, 5.74) is 2.76. The van der Waals surface area contributed by atoms with Crippen LogP contribution in [0, 0.1) is 0 Å². The SMILES string of the molecule is O=C(COc1ccc2ccccc2c1)NCC(=O)N/N=C\c1ccc(-c2ccc(Cl)c(C(=O)O)c2)o1. The maximum absolute atomic E-state index is 12.0. The van der Waals surface area contributed by atoms with Gasteiger partial charge in [0, 0.05) is 5.56 Å². The van der Waals surface area contributed by atoms with Gasteiger partial charge in [-0.25, -0.2) is 10.2 Å². The van der Waals surface area contributed by atoms with Crippen LogP contribution in [0.1, 0.15) is 16.1 Å². The molecule has 1 heterocycles. The first-order chi connectivity index (χ1) is 17.4. The van der Waals surface area contributed by atoms with Crippen molar-refractivity contribution < 1.29 is 28.6 Å². The van der Waals surface area contributed by atoms with Crippen LogP contribution in [0.3, 0.4) is 0 Å². The number of furan rings is 1. The van der Waals surface area contributed by atoms with Gasteiger partial charge in [0.2, 0.25) is 0 Å². The minimum Gasteiger partial charge on any atom is -0.484 e. The zero-order valence-corrected chi connectivity index (χ0v) is 19.5. The maximum atomic E-state index is 12.0. The highest BCUT2D eigenvalue weighted by Gasteiger charge is 2.12. The highest BCUT2D eigenvalue weighted by Crippen LogP contribution is 2.26. The summed E-state index contributed by atoms with van der Waals surface area (Å²) in [7, 11) is 0. The summed E-state index contributed by atoms with van der Waals surface area (Å²) in [5, 5.41) is 17.6. The summed E-state index contributed by atoms with van der Waals surface area (Å²) in [5.74, 6) is -0.869. The van der Waals surface area contributed by atoms with E-state index in [-0.39, 0.29) is 23.7 Å². The van der Waals surface area contributed by atoms with Crippen molar-refractivity contribution in [3.63, 3.8) is 0 Å². The van der Waals surface area contributed by atoms with Gasteiger partial charge >= 0.3 is 5.97 Å². The predicted molar refractivity (Wildman–Crippen MR) is 134 cm³/mol. The van der Waals surface area contributed by atoms with Crippen LogP contribution < -0.4 is 15.5 Å². The lowest BCUT2D eigenvalue weighted by Crippen LogP contribution is -2.37. The van der Waals surface area contributed by atoms with Crippen molar-refractivity contribution in [3.8, 4) is 17.1 Å². The van der Waals surface area contributed by atoms with Crippen LogP contribution in [-0.4, -0.2) is 42.3 Å². The Bertz CT molecular complexity index is 1460. The first kappa shape index (κ1) is 24.5. The Labute approximate surface area is 210 Å². The molecular weight excluding hydrogens is 486 g/mol. The molecule has 36 heavy (non-hydrogen) atoms. The van der Waals surface area contributed by atoms with Crippen molar-refractivity contribution in [3.05, 3.63) is 89.1 Å². The smallest absolute Gasteiger partial charge is 0.337 e. The van der Waals surface area contributed by atoms with Crippen LogP contribution in [0.15, 0.2) is 82.3 Å². The minimum absolute atomic E-state index is 0.0437. The number of nitrogens with one attached hydrogen (secondary N) is 2. The number of carboxylic acids is 1. The molecule has 2 amide bonds. The molecule has 9 nitrogen and oxygen atoms in total. The molecule has 0 aliphatic carbocycles. The average molecular weight is 506 g/mol. The quantitative estimate of drug-likeness (QED) is 0.232. The number of aromatic carboxylic acids is 1. The molecule has 3 aromatic carbocycles. The van der Waals surface area contributed by atoms with Gasteiger partial charge in [-0.05, 0) is 53.2 Å². The molecule has 0 aliphatic heterocycles. The standard InChI is InChI=1S/C26H20ClN3O6/c27-22-9-6-18(12-21(22)26(33)34)23-10-8-20(36-23)13-29-30-24(31)14-28-25(32)15-35-19-7-5-16-3-1-2-4-17(16)11-19/h1-13H,14-15H2,(H,28,32)(H,30,31)(H,33,34)/b29-13-. The molecule has 0 radical (unpaired) electrons. The fourth-order valence-electron chi connectivity index (χ4n) is 3.26. The summed E-state index contributed by atoms with van der Waals surface area (Å²) in [6, 6.07) is 21.0. The van der Waals surface area contributed by atoms with Gasteiger partial charge in [-0.15, -0.1) is 0 Å². The summed E-state index contributed by atoms with van der Waals surface area (Å²) in [6.07, 6.45) is 1.28. The van der Waals surface area contributed by atoms with Gasteiger partial charge in [0.25, 0.3) is 11.8 Å². The van der Waals surface area contributed by atoms with E-state index in [1.165, 1.54) is 18.3 Å². The Morgan fingerprint density at radius 1 is 0.972 bits per heavy atom. The number of ether oxygens (including phenoxy) is 1. The lowest BCUT2D eigenvalue weighted by Gasteiger charge is -2.08. The number of hydrazone groups is 1. The van der Waals surface area contributed by atoms with E-state index < -0.39 is 17.8 Å². The van der Waals surface area contributed by atoms with Crippen LogP contribution in [0.2, 0.25) is 5.02 Å². The Balaban J connectivity index is 1.22. The van der Waals surface area contributed by atoms with Crippen LogP contribution in [-0.2, 0) is 9.59 Å². The number of rotatable bonds is 9. The van der Waals surface area contributed by atoms with Crippen molar-refractivity contribution in [2.75, 3.05) is 13.2 Å². The third-order valence-corrected chi connectivity index (χ3v) is 5.36. The second kappa shape index (κ2) is 11.2. The van der Waals surface area contributed by atoms with Gasteiger partial charge in [-0.1, -0.05) is 41.9 Å². The zero-order chi connectivity index (χ0) is 25.5. The number of carboxylic acid groups (broad SMARTS) is 1. The number of amides is 2. The van der Waals surface area contributed by atoms with Crippen molar-refractivity contribution in [1.29, 1.82) is 0 Å². The number of benzene rings is 3. The summed E-state index contributed by atoms with van der Waals surface area (Å²) in [4.78, 5) is 35.2. The van der Waals surface area contributed by atoms with Gasteiger partial charge < -0.3 is 19.6 Å². The predicted octanol–water partition coefficient (Wildman–Crippen LogP) is 4.10. The molecular formula is C26H20ClN3O6. The first-order valence-corrected chi connectivity index (χ1v) is 11.1. The molecule has 0 atom stereocenters. The fraction of sp³-hybridized carbons (Fsp3) is 0.0769. The summed E-state index contributed by atoms with van der Waals surface area (Å²) >= 11 is 5.89. The lowest BCUT2D eigenvalue weighted by atomic mass is 10.1. The van der Waals surface area contributed by atoms with E-state index in [2.05, 4.69) is 15.8 Å². The number of carbonyl (C=O) groups is 3. The molecule has 0 aliphatic rings. The van der Waals surface area contributed by atoms with E-state index in [4.69, 9.17) is 20.8 Å². The van der Waals surface area contributed by atoms with Gasteiger partial charge in [-0.3, -0.25) is 9.59 Å². The van der Waals surface area contributed by atoms with E-state index in [9.17, 15) is 19.5 Å². The highest BCUT2D eigenvalue weighted by molar-refractivity contribution is 6.33. The molecule has 1 aromatic heterocycles. The van der Waals surface area contributed by atoms with Crippen LogP contribution >= 0.6 is 11.6 Å². The third-order valence-electron chi connectivity index (χ3n) is 5.03. The van der Waals surface area contributed by atoms with Crippen LogP contribution in [0.5, 0.6) is 5.75 Å². The largest absolute Gasteiger partial charge is 0.484 e. The monoisotopic (exact) mass is 505 g/mol. The Kier molecular flexibility index (Phi) is 7.62. The van der Waals surface area contributed by atoms with Crippen LogP contribution in [0.4, 0.5) is 0 Å². The second-order valence-electron chi connectivity index (χ2n) is 7.57. The minimum atomic E-state index is -1.15. The van der Waals surface area contributed by atoms with Gasteiger partial charge in [-0.2, -0.15) is 5.10 Å². The zero-order valence-electron chi connectivity index (χ0n) is 18.7. The van der Waals surface area contributed by atoms with E-state index in [1.54, 1.807) is 24.3 Å². The number of hydrogen-bond donors (Lipinski definition) is 3. The maximum Gasteiger partial charge on any atom is 0.337 e. The highest BCUT2D eigenvalue weighted by atomic mass is 35.5. The number of hydrogen-bond acceptors (Lipinski definition) is 6. The summed E-state index contributed by atoms with van der Waals surface area (Å²) in [6.45, 7) is -0.526. The van der Waals surface area contributed by atoms with E-state index in [0.29, 0.717) is 22.8 Å². The van der Waals surface area contributed by atoms with Crippen molar-refractivity contribution >= 4 is 46.4 Å². The molecule has 0 bridgehead atoms. The van der Waals surface area contributed by atoms with Crippen molar-refractivity contribution in [2.45, 2.75) is 0 Å². The van der Waals surface area contributed by atoms with Gasteiger partial charge in [0.05, 0.1) is 23.3 Å². The number of halogens is 1.